The summed E-state index contributed by atoms with van der Waals surface area (Å²) in [4.78, 5) is 23.7. The number of hydrogen-bond acceptors (Lipinski definition) is 5. The van der Waals surface area contributed by atoms with Crippen molar-refractivity contribution in [1.82, 2.24) is 9.21 Å². The predicted octanol–water partition coefficient (Wildman–Crippen LogP) is 0.692. The SMILES string of the molecule is CN(CCCC(=O)O)C(=O)CN(C)S(=O)(=O)c1cccs1. The van der Waals surface area contributed by atoms with Crippen LogP contribution in [0.15, 0.2) is 21.7 Å². The monoisotopic (exact) mass is 334 g/mol. The first kappa shape index (κ1) is 17.6. The van der Waals surface area contributed by atoms with Crippen molar-refractivity contribution in [3.05, 3.63) is 17.5 Å². The van der Waals surface area contributed by atoms with E-state index in [2.05, 4.69) is 0 Å². The van der Waals surface area contributed by atoms with Gasteiger partial charge in [0.05, 0.1) is 6.54 Å². The zero-order valence-electron chi connectivity index (χ0n) is 11.9. The quantitative estimate of drug-likeness (QED) is 0.755. The molecule has 1 aromatic heterocycles. The van der Waals surface area contributed by atoms with Crippen LogP contribution in [0.25, 0.3) is 0 Å². The number of carboxylic acid groups (broad SMARTS) is 1. The highest BCUT2D eigenvalue weighted by molar-refractivity contribution is 7.91. The van der Waals surface area contributed by atoms with E-state index in [0.717, 1.165) is 15.6 Å². The zero-order chi connectivity index (χ0) is 16.0. The Bertz CT molecular complexity index is 583. The normalized spacial score (nSPS) is 11.6. The van der Waals surface area contributed by atoms with Crippen LogP contribution >= 0.6 is 11.3 Å². The van der Waals surface area contributed by atoms with E-state index in [1.54, 1.807) is 11.4 Å². The number of aliphatic carboxylic acids is 1. The fraction of sp³-hybridized carbons (Fsp3) is 0.500. The molecule has 1 heterocycles. The highest BCUT2D eigenvalue weighted by Crippen LogP contribution is 2.19. The number of carbonyl (C=O) groups is 2. The van der Waals surface area contributed by atoms with Gasteiger partial charge >= 0.3 is 5.97 Å². The molecular weight excluding hydrogens is 316 g/mol. The largest absolute Gasteiger partial charge is 0.481 e. The summed E-state index contributed by atoms with van der Waals surface area (Å²) in [6.45, 7) is 0.00181. The van der Waals surface area contributed by atoms with E-state index in [4.69, 9.17) is 5.11 Å². The van der Waals surface area contributed by atoms with E-state index < -0.39 is 16.0 Å². The summed E-state index contributed by atoms with van der Waals surface area (Å²) in [5, 5.41) is 10.2. The number of carbonyl (C=O) groups excluding carboxylic acids is 1. The third-order valence-corrected chi connectivity index (χ3v) is 6.00. The van der Waals surface area contributed by atoms with Gasteiger partial charge < -0.3 is 10.0 Å². The van der Waals surface area contributed by atoms with Crippen LogP contribution in [0.4, 0.5) is 0 Å². The Morgan fingerprint density at radius 3 is 2.52 bits per heavy atom. The number of likely N-dealkylation sites (N-methyl/N-ethyl adjacent to an activating group) is 2. The van der Waals surface area contributed by atoms with Gasteiger partial charge in [-0.1, -0.05) is 6.07 Å². The van der Waals surface area contributed by atoms with Crippen molar-refractivity contribution in [2.24, 2.45) is 0 Å². The van der Waals surface area contributed by atoms with E-state index >= 15 is 0 Å². The van der Waals surface area contributed by atoms with E-state index in [0.29, 0.717) is 6.42 Å². The topological polar surface area (TPSA) is 95.0 Å². The van der Waals surface area contributed by atoms with Crippen molar-refractivity contribution in [2.45, 2.75) is 17.1 Å². The molecule has 0 atom stereocenters. The minimum Gasteiger partial charge on any atom is -0.481 e. The molecule has 0 bridgehead atoms. The molecule has 1 rings (SSSR count). The Labute approximate surface area is 127 Å². The first-order valence-corrected chi connectivity index (χ1v) is 8.52. The Kier molecular flexibility index (Phi) is 6.31. The van der Waals surface area contributed by atoms with Gasteiger partial charge in [-0.15, -0.1) is 11.3 Å². The summed E-state index contributed by atoms with van der Waals surface area (Å²) < 4.78 is 25.5. The fourth-order valence-electron chi connectivity index (χ4n) is 1.55. The van der Waals surface area contributed by atoms with Crippen LogP contribution in [0.2, 0.25) is 0 Å². The average Bonchev–Trinajstić information content (AvgIpc) is 2.92. The summed E-state index contributed by atoms with van der Waals surface area (Å²) in [5.41, 5.74) is 0. The number of thiophene rings is 1. The second-order valence-corrected chi connectivity index (χ2v) is 7.73. The molecule has 0 spiro atoms. The van der Waals surface area contributed by atoms with Gasteiger partial charge in [0, 0.05) is 27.1 Å². The van der Waals surface area contributed by atoms with Crippen LogP contribution in [0.3, 0.4) is 0 Å². The molecule has 1 aromatic rings. The molecule has 21 heavy (non-hydrogen) atoms. The lowest BCUT2D eigenvalue weighted by atomic mass is 10.3. The van der Waals surface area contributed by atoms with Gasteiger partial charge in [-0.2, -0.15) is 4.31 Å². The molecule has 0 aliphatic rings. The molecule has 0 aliphatic heterocycles. The number of sulfonamides is 1. The number of amides is 1. The van der Waals surface area contributed by atoms with Crippen molar-refractivity contribution >= 4 is 33.2 Å². The third kappa shape index (κ3) is 5.10. The molecule has 118 valence electrons. The molecule has 1 N–H and O–H groups in total. The Balaban J connectivity index is 2.56. The Hall–Kier alpha value is -1.45. The molecule has 0 saturated carbocycles. The first-order chi connectivity index (χ1) is 9.75. The first-order valence-electron chi connectivity index (χ1n) is 6.20. The van der Waals surface area contributed by atoms with Gasteiger partial charge in [-0.05, 0) is 17.9 Å². The second-order valence-electron chi connectivity index (χ2n) is 4.51. The smallest absolute Gasteiger partial charge is 0.303 e. The molecule has 0 aromatic carbocycles. The van der Waals surface area contributed by atoms with Crippen LogP contribution in [-0.4, -0.2) is 61.8 Å². The molecular formula is C12H18N2O5S2. The van der Waals surface area contributed by atoms with Gasteiger partial charge in [-0.3, -0.25) is 9.59 Å². The summed E-state index contributed by atoms with van der Waals surface area (Å²) in [6.07, 6.45) is 0.305. The standard InChI is InChI=1S/C12H18N2O5S2/c1-13(7-3-5-11(16)17)10(15)9-14(2)21(18,19)12-6-4-8-20-12/h4,6,8H,3,5,7,9H2,1-2H3,(H,16,17). The van der Waals surface area contributed by atoms with Crippen LogP contribution in [-0.2, 0) is 19.6 Å². The zero-order valence-corrected chi connectivity index (χ0v) is 13.5. The van der Waals surface area contributed by atoms with Gasteiger partial charge in [-0.25, -0.2) is 8.42 Å². The van der Waals surface area contributed by atoms with Gasteiger partial charge in [0.2, 0.25) is 5.91 Å². The van der Waals surface area contributed by atoms with Crippen LogP contribution in [0.1, 0.15) is 12.8 Å². The molecule has 0 radical (unpaired) electrons. The average molecular weight is 334 g/mol. The van der Waals surface area contributed by atoms with Crippen molar-refractivity contribution in [3.63, 3.8) is 0 Å². The van der Waals surface area contributed by atoms with Gasteiger partial charge in [0.1, 0.15) is 4.21 Å². The Morgan fingerprint density at radius 1 is 1.33 bits per heavy atom. The number of carboxylic acids is 1. The summed E-state index contributed by atoms with van der Waals surface area (Å²) in [7, 11) is -0.779. The van der Waals surface area contributed by atoms with E-state index in [1.807, 2.05) is 0 Å². The summed E-state index contributed by atoms with van der Waals surface area (Å²) in [6, 6.07) is 3.11. The minimum atomic E-state index is -3.65. The lowest BCUT2D eigenvalue weighted by molar-refractivity contribution is -0.138. The lowest BCUT2D eigenvalue weighted by Gasteiger charge is -2.21. The van der Waals surface area contributed by atoms with Crippen molar-refractivity contribution < 1.29 is 23.1 Å². The van der Waals surface area contributed by atoms with E-state index in [9.17, 15) is 18.0 Å². The fourth-order valence-corrected chi connectivity index (χ4v) is 3.87. The molecule has 0 unspecified atom stereocenters. The van der Waals surface area contributed by atoms with E-state index in [1.165, 1.54) is 25.1 Å². The predicted molar refractivity (Wildman–Crippen MR) is 78.6 cm³/mol. The summed E-state index contributed by atoms with van der Waals surface area (Å²) >= 11 is 1.09. The maximum absolute atomic E-state index is 12.1. The van der Waals surface area contributed by atoms with E-state index in [-0.39, 0.29) is 29.6 Å². The highest BCUT2D eigenvalue weighted by Gasteiger charge is 2.24. The lowest BCUT2D eigenvalue weighted by Crippen LogP contribution is -2.39. The van der Waals surface area contributed by atoms with Crippen LogP contribution in [0.5, 0.6) is 0 Å². The highest BCUT2D eigenvalue weighted by atomic mass is 32.2. The van der Waals surface area contributed by atoms with Gasteiger partial charge in [0.25, 0.3) is 10.0 Å². The number of rotatable bonds is 8. The maximum Gasteiger partial charge on any atom is 0.303 e. The minimum absolute atomic E-state index is 0.0268. The van der Waals surface area contributed by atoms with Crippen LogP contribution < -0.4 is 0 Å². The summed E-state index contributed by atoms with van der Waals surface area (Å²) in [5.74, 6) is -1.30. The van der Waals surface area contributed by atoms with Crippen molar-refractivity contribution in [1.29, 1.82) is 0 Å². The van der Waals surface area contributed by atoms with Crippen molar-refractivity contribution in [3.8, 4) is 0 Å². The molecule has 0 saturated heterocycles. The number of hydrogen-bond donors (Lipinski definition) is 1. The van der Waals surface area contributed by atoms with Gasteiger partial charge in [0.15, 0.2) is 0 Å². The molecule has 7 nitrogen and oxygen atoms in total. The molecule has 0 aliphatic carbocycles. The maximum atomic E-state index is 12.1. The van der Waals surface area contributed by atoms with Crippen molar-refractivity contribution in [2.75, 3.05) is 27.2 Å². The second kappa shape index (κ2) is 7.53. The third-order valence-electron chi connectivity index (χ3n) is 2.83. The molecule has 1 amide bonds. The molecule has 9 heteroatoms. The van der Waals surface area contributed by atoms with Crippen LogP contribution in [0, 0.1) is 0 Å². The number of nitrogens with zero attached hydrogens (tertiary/aromatic N) is 2. The molecule has 0 fully saturated rings. The Morgan fingerprint density at radius 2 is 2.00 bits per heavy atom.